The minimum Gasteiger partial charge on any atom is -0.493 e. The molecule has 0 bridgehead atoms. The molecule has 5 rings (SSSR count). The van der Waals surface area contributed by atoms with Crippen molar-refractivity contribution in [3.05, 3.63) is 89.5 Å². The highest BCUT2D eigenvalue weighted by Gasteiger charge is 2.39. The van der Waals surface area contributed by atoms with Crippen LogP contribution < -0.4 is 14.2 Å². The molecule has 0 atom stereocenters. The topological polar surface area (TPSA) is 88.5 Å². The molecule has 0 aromatic heterocycles. The molecule has 2 aliphatic heterocycles. The van der Waals surface area contributed by atoms with Crippen molar-refractivity contribution in [1.29, 1.82) is 0 Å². The van der Waals surface area contributed by atoms with Gasteiger partial charge in [-0.2, -0.15) is 13.2 Å². The summed E-state index contributed by atoms with van der Waals surface area (Å²) in [7, 11) is 3.18. The molecule has 0 saturated carbocycles. The van der Waals surface area contributed by atoms with Gasteiger partial charge in [0.15, 0.2) is 11.5 Å². The highest BCUT2D eigenvalue weighted by atomic mass is 19.4. The molecule has 1 spiro atoms. The quantitative estimate of drug-likeness (QED) is 0.308. The van der Waals surface area contributed by atoms with Crippen LogP contribution in [0.25, 0.3) is 0 Å². The number of piperidine rings is 2. The fraction of sp³-hybridized carbons (Fsp3) is 0.412. The number of alkyl halides is 3. The third-order valence-corrected chi connectivity index (χ3v) is 8.51. The standard InChI is InChI=1S/C32H38N2O4.C2HF3O2/c1-36-29-14-8-12-27(30(29)37-2)31(35)34-21-17-32(18-22-34)15-19-33(20-16-32)23-26-11-6-7-13-28(26)38-24-25-9-4-3-5-10-25;3-2(4,5)1(6)7/h3-14H,15-24H2,1-2H3;(H,6,7). The summed E-state index contributed by atoms with van der Waals surface area (Å²) < 4.78 is 48.8. The average Bonchev–Trinajstić information content (AvgIpc) is 3.05. The predicted molar refractivity (Wildman–Crippen MR) is 163 cm³/mol. The number of likely N-dealkylation sites (tertiary alicyclic amines) is 2. The number of aliphatic carboxylic acids is 1. The minimum atomic E-state index is -5.08. The molecule has 242 valence electrons. The SMILES string of the molecule is COc1cccc(C(=O)N2CCC3(CCN(Cc4ccccc4OCc4ccccc4)CC3)CC2)c1OC.O=C(O)C(F)(F)F. The van der Waals surface area contributed by atoms with E-state index in [9.17, 15) is 18.0 Å². The zero-order chi connectivity index (χ0) is 32.5. The highest BCUT2D eigenvalue weighted by Crippen LogP contribution is 2.42. The second kappa shape index (κ2) is 15.2. The van der Waals surface area contributed by atoms with Gasteiger partial charge in [0.25, 0.3) is 5.91 Å². The smallest absolute Gasteiger partial charge is 0.490 e. The zero-order valence-electron chi connectivity index (χ0n) is 25.5. The number of hydrogen-bond acceptors (Lipinski definition) is 6. The Morgan fingerprint density at radius 3 is 1.98 bits per heavy atom. The summed E-state index contributed by atoms with van der Waals surface area (Å²) in [6.07, 6.45) is -0.639. The third kappa shape index (κ3) is 8.91. The normalized spacial score (nSPS) is 16.3. The van der Waals surface area contributed by atoms with Crippen molar-refractivity contribution in [3.63, 3.8) is 0 Å². The van der Waals surface area contributed by atoms with Crippen LogP contribution in [0.3, 0.4) is 0 Å². The first kappa shape index (κ1) is 33.6. The average molecular weight is 629 g/mol. The van der Waals surface area contributed by atoms with Crippen molar-refractivity contribution >= 4 is 11.9 Å². The van der Waals surface area contributed by atoms with Gasteiger partial charge >= 0.3 is 12.1 Å². The summed E-state index contributed by atoms with van der Waals surface area (Å²) >= 11 is 0. The van der Waals surface area contributed by atoms with Gasteiger partial charge in [-0.3, -0.25) is 9.69 Å². The van der Waals surface area contributed by atoms with Gasteiger partial charge in [-0.15, -0.1) is 0 Å². The van der Waals surface area contributed by atoms with Crippen molar-refractivity contribution in [2.75, 3.05) is 40.4 Å². The Morgan fingerprint density at radius 1 is 0.800 bits per heavy atom. The van der Waals surface area contributed by atoms with Gasteiger partial charge < -0.3 is 24.2 Å². The summed E-state index contributed by atoms with van der Waals surface area (Å²) in [6, 6.07) is 24.2. The third-order valence-electron chi connectivity index (χ3n) is 8.51. The van der Waals surface area contributed by atoms with Crippen molar-refractivity contribution < 1.29 is 42.1 Å². The lowest BCUT2D eigenvalue weighted by atomic mass is 9.71. The van der Waals surface area contributed by atoms with Crippen molar-refractivity contribution in [2.24, 2.45) is 5.41 Å². The molecule has 1 amide bonds. The van der Waals surface area contributed by atoms with Gasteiger partial charge in [-0.25, -0.2) is 4.79 Å². The van der Waals surface area contributed by atoms with E-state index >= 15 is 0 Å². The number of carboxylic acid groups (broad SMARTS) is 1. The van der Waals surface area contributed by atoms with Crippen molar-refractivity contribution in [1.82, 2.24) is 9.80 Å². The summed E-state index contributed by atoms with van der Waals surface area (Å²) in [5.41, 5.74) is 3.32. The molecule has 11 heteroatoms. The van der Waals surface area contributed by atoms with Crippen LogP contribution >= 0.6 is 0 Å². The number of methoxy groups -OCH3 is 2. The maximum absolute atomic E-state index is 13.3. The van der Waals surface area contributed by atoms with Crippen LogP contribution in [-0.4, -0.2) is 73.4 Å². The van der Waals surface area contributed by atoms with E-state index in [2.05, 4.69) is 35.2 Å². The largest absolute Gasteiger partial charge is 0.493 e. The summed E-state index contributed by atoms with van der Waals surface area (Å²) in [6.45, 7) is 5.21. The Labute approximate surface area is 261 Å². The van der Waals surface area contributed by atoms with Crippen LogP contribution in [0.15, 0.2) is 72.8 Å². The highest BCUT2D eigenvalue weighted by molar-refractivity contribution is 5.98. The van der Waals surface area contributed by atoms with Crippen LogP contribution in [-0.2, 0) is 17.9 Å². The number of carboxylic acids is 1. The van der Waals surface area contributed by atoms with Crippen molar-refractivity contribution in [3.8, 4) is 17.2 Å². The molecular weight excluding hydrogens is 589 g/mol. The molecule has 2 fully saturated rings. The summed E-state index contributed by atoms with van der Waals surface area (Å²) in [4.78, 5) is 26.7. The number of para-hydroxylation sites is 2. The maximum Gasteiger partial charge on any atom is 0.490 e. The molecule has 2 aliphatic rings. The summed E-state index contributed by atoms with van der Waals surface area (Å²) in [5, 5.41) is 7.12. The van der Waals surface area contributed by atoms with Gasteiger partial charge in [0.1, 0.15) is 12.4 Å². The minimum absolute atomic E-state index is 0.0279. The lowest BCUT2D eigenvalue weighted by molar-refractivity contribution is -0.192. The van der Waals surface area contributed by atoms with Crippen LogP contribution in [0.5, 0.6) is 17.2 Å². The van der Waals surface area contributed by atoms with E-state index in [0.717, 1.165) is 51.3 Å². The van der Waals surface area contributed by atoms with Gasteiger partial charge in [0, 0.05) is 25.2 Å². The number of amides is 1. The fourth-order valence-corrected chi connectivity index (χ4v) is 5.85. The molecule has 0 aliphatic carbocycles. The molecular formula is C34H39F3N2O6. The molecule has 45 heavy (non-hydrogen) atoms. The lowest BCUT2D eigenvalue weighted by Gasteiger charge is -2.47. The number of rotatable bonds is 8. The van der Waals surface area contributed by atoms with E-state index in [0.29, 0.717) is 29.1 Å². The van der Waals surface area contributed by atoms with Gasteiger partial charge in [-0.1, -0.05) is 54.6 Å². The Morgan fingerprint density at radius 2 is 1.38 bits per heavy atom. The number of nitrogens with zero attached hydrogens (tertiary/aromatic N) is 2. The monoisotopic (exact) mass is 628 g/mol. The van der Waals surface area contributed by atoms with E-state index in [-0.39, 0.29) is 5.91 Å². The molecule has 2 heterocycles. The molecule has 2 saturated heterocycles. The van der Waals surface area contributed by atoms with Crippen LogP contribution in [0.4, 0.5) is 13.2 Å². The number of benzene rings is 3. The first-order chi connectivity index (χ1) is 21.5. The summed E-state index contributed by atoms with van der Waals surface area (Å²) in [5.74, 6) is -0.656. The second-order valence-corrected chi connectivity index (χ2v) is 11.3. The van der Waals surface area contributed by atoms with Crippen molar-refractivity contribution in [2.45, 2.75) is 45.0 Å². The van der Waals surface area contributed by atoms with E-state index in [1.165, 1.54) is 24.0 Å². The van der Waals surface area contributed by atoms with Gasteiger partial charge in [-0.05, 0) is 68.0 Å². The Hall–Kier alpha value is -4.25. The molecule has 3 aromatic rings. The number of hydrogen-bond donors (Lipinski definition) is 1. The van der Waals surface area contributed by atoms with E-state index in [1.807, 2.05) is 47.4 Å². The first-order valence-electron chi connectivity index (χ1n) is 14.8. The first-order valence-corrected chi connectivity index (χ1v) is 14.8. The van der Waals surface area contributed by atoms with E-state index < -0.39 is 12.1 Å². The number of ether oxygens (including phenoxy) is 3. The molecule has 1 N–H and O–H groups in total. The molecule has 3 aromatic carbocycles. The van der Waals surface area contributed by atoms with Gasteiger partial charge in [0.05, 0.1) is 19.8 Å². The van der Waals surface area contributed by atoms with Gasteiger partial charge in [0.2, 0.25) is 0 Å². The van der Waals surface area contributed by atoms with E-state index in [4.69, 9.17) is 24.1 Å². The Kier molecular flexibility index (Phi) is 11.3. The molecule has 8 nitrogen and oxygen atoms in total. The Balaban J connectivity index is 0.000000591. The Bertz CT molecular complexity index is 1410. The van der Waals surface area contributed by atoms with Crippen LogP contribution in [0.1, 0.15) is 47.2 Å². The fourth-order valence-electron chi connectivity index (χ4n) is 5.85. The predicted octanol–water partition coefficient (Wildman–Crippen LogP) is 6.43. The van der Waals surface area contributed by atoms with Crippen LogP contribution in [0.2, 0.25) is 0 Å². The number of halogens is 3. The zero-order valence-corrected chi connectivity index (χ0v) is 25.5. The van der Waals surface area contributed by atoms with E-state index in [1.54, 1.807) is 14.2 Å². The number of carbonyl (C=O) groups is 2. The maximum atomic E-state index is 13.3. The number of carbonyl (C=O) groups excluding carboxylic acids is 1. The molecule has 0 radical (unpaired) electrons. The molecule has 0 unspecified atom stereocenters. The second-order valence-electron chi connectivity index (χ2n) is 11.3. The van der Waals surface area contributed by atoms with Crippen LogP contribution in [0, 0.1) is 5.41 Å². The lowest BCUT2D eigenvalue weighted by Crippen LogP contribution is -2.48.